The number of halogens is 2. The van der Waals surface area contributed by atoms with Crippen LogP contribution in [0.25, 0.3) is 0 Å². The Morgan fingerprint density at radius 2 is 2.30 bits per heavy atom. The molecule has 0 saturated carbocycles. The van der Waals surface area contributed by atoms with Crippen molar-refractivity contribution < 1.29 is 23.7 Å². The highest BCUT2D eigenvalue weighted by atomic mass is 19.3. The summed E-state index contributed by atoms with van der Waals surface area (Å²) in [4.78, 5) is 15.1. The van der Waals surface area contributed by atoms with Gasteiger partial charge in [-0.05, 0) is 12.5 Å². The number of anilines is 1. The Morgan fingerprint density at radius 1 is 1.61 bits per heavy atom. The number of hydrogen-bond acceptors (Lipinski definition) is 7. The fraction of sp³-hybridized carbons (Fsp3) is 0.692. The molecule has 4 atom stereocenters. The first-order chi connectivity index (χ1) is 10.8. The van der Waals surface area contributed by atoms with Gasteiger partial charge in [0, 0.05) is 18.8 Å². The maximum atomic E-state index is 14.2. The predicted octanol–water partition coefficient (Wildman–Crippen LogP) is -0.920. The van der Waals surface area contributed by atoms with Crippen LogP contribution in [-0.4, -0.2) is 57.1 Å². The second-order valence-corrected chi connectivity index (χ2v) is 5.38. The number of aromatic nitrogens is 2. The van der Waals surface area contributed by atoms with Crippen molar-refractivity contribution in [3.05, 3.63) is 22.7 Å². The molecule has 0 aliphatic carbocycles. The molecule has 0 spiro atoms. The van der Waals surface area contributed by atoms with Gasteiger partial charge in [-0.15, -0.1) is 0 Å². The Hall–Kier alpha value is -1.62. The van der Waals surface area contributed by atoms with Crippen molar-refractivity contribution in [2.45, 2.75) is 43.7 Å². The van der Waals surface area contributed by atoms with E-state index in [1.54, 1.807) is 0 Å². The summed E-state index contributed by atoms with van der Waals surface area (Å²) in [6.45, 7) is 1.56. The third-order valence-corrected chi connectivity index (χ3v) is 3.80. The SMILES string of the molecule is CC[C@@H](CO)NC[C@H]1O[C@@H](n2ccc(N)nc2=O)C(F)(F)[C@@H]1O. The molecule has 2 heterocycles. The first-order valence-electron chi connectivity index (χ1n) is 7.21. The second kappa shape index (κ2) is 6.87. The Bertz CT molecular complexity index is 594. The summed E-state index contributed by atoms with van der Waals surface area (Å²) in [7, 11) is 0. The van der Waals surface area contributed by atoms with Crippen molar-refractivity contribution >= 4 is 5.82 Å². The first-order valence-corrected chi connectivity index (χ1v) is 7.21. The summed E-state index contributed by atoms with van der Waals surface area (Å²) >= 11 is 0. The second-order valence-electron chi connectivity index (χ2n) is 5.38. The number of alkyl halides is 2. The van der Waals surface area contributed by atoms with Crippen LogP contribution >= 0.6 is 0 Å². The molecular weight excluding hydrogens is 314 g/mol. The first kappa shape index (κ1) is 17.7. The maximum Gasteiger partial charge on any atom is 0.351 e. The van der Waals surface area contributed by atoms with E-state index in [4.69, 9.17) is 15.6 Å². The molecule has 1 aliphatic heterocycles. The molecule has 130 valence electrons. The third-order valence-electron chi connectivity index (χ3n) is 3.80. The number of nitrogens with one attached hydrogen (secondary N) is 1. The number of ether oxygens (including phenoxy) is 1. The van der Waals surface area contributed by atoms with Crippen molar-refractivity contribution in [1.29, 1.82) is 0 Å². The van der Waals surface area contributed by atoms with Crippen LogP contribution in [0.5, 0.6) is 0 Å². The molecule has 1 aliphatic rings. The van der Waals surface area contributed by atoms with E-state index in [0.29, 0.717) is 11.0 Å². The van der Waals surface area contributed by atoms with Gasteiger partial charge in [0.05, 0.1) is 6.61 Å². The number of aliphatic hydroxyl groups is 2. The quantitative estimate of drug-likeness (QED) is 0.530. The summed E-state index contributed by atoms with van der Waals surface area (Å²) < 4.78 is 34.2. The molecule has 0 amide bonds. The van der Waals surface area contributed by atoms with E-state index in [1.807, 2.05) is 6.92 Å². The summed E-state index contributed by atoms with van der Waals surface area (Å²) in [5.74, 6) is -3.77. The highest BCUT2D eigenvalue weighted by Gasteiger charge is 2.59. The minimum atomic E-state index is -3.67. The van der Waals surface area contributed by atoms with Gasteiger partial charge in [0.15, 0.2) is 0 Å². The average Bonchev–Trinajstić information content (AvgIpc) is 2.72. The van der Waals surface area contributed by atoms with E-state index >= 15 is 0 Å². The fourth-order valence-corrected chi connectivity index (χ4v) is 2.36. The molecule has 1 fully saturated rings. The highest BCUT2D eigenvalue weighted by molar-refractivity contribution is 5.23. The Labute approximate surface area is 130 Å². The summed E-state index contributed by atoms with van der Waals surface area (Å²) in [5.41, 5.74) is 4.34. The van der Waals surface area contributed by atoms with Gasteiger partial charge in [-0.3, -0.25) is 4.57 Å². The van der Waals surface area contributed by atoms with Crippen LogP contribution in [-0.2, 0) is 4.74 Å². The normalized spacial score (nSPS) is 28.0. The van der Waals surface area contributed by atoms with Crippen molar-refractivity contribution in [2.24, 2.45) is 0 Å². The molecular formula is C13H20F2N4O4. The van der Waals surface area contributed by atoms with Gasteiger partial charge in [0.25, 0.3) is 0 Å². The lowest BCUT2D eigenvalue weighted by atomic mass is 10.1. The van der Waals surface area contributed by atoms with Gasteiger partial charge in [0.1, 0.15) is 18.0 Å². The minimum Gasteiger partial charge on any atom is -0.395 e. The van der Waals surface area contributed by atoms with E-state index < -0.39 is 30.0 Å². The largest absolute Gasteiger partial charge is 0.395 e. The van der Waals surface area contributed by atoms with Crippen LogP contribution in [0.4, 0.5) is 14.6 Å². The number of nitrogens with two attached hydrogens (primary N) is 1. The highest BCUT2D eigenvalue weighted by Crippen LogP contribution is 2.41. The number of nitrogens with zero attached hydrogens (tertiary/aromatic N) is 2. The monoisotopic (exact) mass is 334 g/mol. The Balaban J connectivity index is 2.18. The fourth-order valence-electron chi connectivity index (χ4n) is 2.36. The van der Waals surface area contributed by atoms with E-state index in [9.17, 15) is 18.7 Å². The van der Waals surface area contributed by atoms with Crippen LogP contribution in [0.1, 0.15) is 19.6 Å². The molecule has 8 nitrogen and oxygen atoms in total. The van der Waals surface area contributed by atoms with Gasteiger partial charge < -0.3 is 26.0 Å². The average molecular weight is 334 g/mol. The molecule has 5 N–H and O–H groups in total. The molecule has 1 aromatic heterocycles. The lowest BCUT2D eigenvalue weighted by molar-refractivity contribution is -0.140. The molecule has 10 heteroatoms. The molecule has 1 aromatic rings. The van der Waals surface area contributed by atoms with Gasteiger partial charge in [-0.25, -0.2) is 4.79 Å². The van der Waals surface area contributed by atoms with Crippen LogP contribution in [0.3, 0.4) is 0 Å². The predicted molar refractivity (Wildman–Crippen MR) is 76.9 cm³/mol. The lowest BCUT2D eigenvalue weighted by Crippen LogP contribution is -2.45. The van der Waals surface area contributed by atoms with E-state index in [2.05, 4.69) is 10.3 Å². The van der Waals surface area contributed by atoms with Crippen LogP contribution in [0, 0.1) is 0 Å². The van der Waals surface area contributed by atoms with Gasteiger partial charge >= 0.3 is 11.6 Å². The molecule has 1 saturated heterocycles. The number of hydrogen-bond donors (Lipinski definition) is 4. The summed E-state index contributed by atoms with van der Waals surface area (Å²) in [6, 6.07) is 0.900. The lowest BCUT2D eigenvalue weighted by Gasteiger charge is -2.21. The van der Waals surface area contributed by atoms with Crippen LogP contribution < -0.4 is 16.7 Å². The minimum absolute atomic E-state index is 0.0938. The molecule has 0 radical (unpaired) electrons. The summed E-state index contributed by atoms with van der Waals surface area (Å²) in [6.07, 6.45) is -3.67. The number of rotatable bonds is 6. The van der Waals surface area contributed by atoms with E-state index in [0.717, 1.165) is 6.20 Å². The number of nitrogen functional groups attached to an aromatic ring is 1. The Kier molecular flexibility index (Phi) is 5.30. The van der Waals surface area contributed by atoms with Crippen molar-refractivity contribution in [3.8, 4) is 0 Å². The molecule has 0 bridgehead atoms. The Morgan fingerprint density at radius 3 is 2.87 bits per heavy atom. The maximum absolute atomic E-state index is 14.2. The molecule has 23 heavy (non-hydrogen) atoms. The third kappa shape index (κ3) is 3.50. The smallest absolute Gasteiger partial charge is 0.351 e. The van der Waals surface area contributed by atoms with E-state index in [-0.39, 0.29) is 25.0 Å². The van der Waals surface area contributed by atoms with Crippen molar-refractivity contribution in [2.75, 3.05) is 18.9 Å². The molecule has 2 rings (SSSR count). The van der Waals surface area contributed by atoms with Gasteiger partial charge in [-0.2, -0.15) is 13.8 Å². The molecule has 0 unspecified atom stereocenters. The molecule has 0 aromatic carbocycles. The van der Waals surface area contributed by atoms with Crippen LogP contribution in [0.2, 0.25) is 0 Å². The van der Waals surface area contributed by atoms with Gasteiger partial charge in [0.2, 0.25) is 6.23 Å². The van der Waals surface area contributed by atoms with Crippen molar-refractivity contribution in [1.82, 2.24) is 14.9 Å². The van der Waals surface area contributed by atoms with E-state index in [1.165, 1.54) is 6.07 Å². The summed E-state index contributed by atoms with van der Waals surface area (Å²) in [5, 5.41) is 21.7. The standard InChI is InChI=1S/C13H20F2N4O4/c1-2-7(6-20)17-5-8-10(21)13(14,15)11(23-8)19-4-3-9(16)18-12(19)22/h3-4,7-8,10-11,17,20-21H,2,5-6H2,1H3,(H2,16,18,22)/t7-,8+,10+,11+/m0/s1. The van der Waals surface area contributed by atoms with Gasteiger partial charge in [-0.1, -0.05) is 6.92 Å². The zero-order valence-electron chi connectivity index (χ0n) is 12.5. The van der Waals surface area contributed by atoms with Crippen molar-refractivity contribution in [3.63, 3.8) is 0 Å². The zero-order chi connectivity index (χ0) is 17.2. The van der Waals surface area contributed by atoms with Crippen LogP contribution in [0.15, 0.2) is 17.1 Å². The number of aliphatic hydroxyl groups excluding tert-OH is 2. The zero-order valence-corrected chi connectivity index (χ0v) is 12.5. The topological polar surface area (TPSA) is 123 Å².